The predicted octanol–water partition coefficient (Wildman–Crippen LogP) is 5.89. The van der Waals surface area contributed by atoms with Crippen molar-refractivity contribution in [3.05, 3.63) is 81.8 Å². The minimum Gasteiger partial charge on any atom is -0.436 e. The summed E-state index contributed by atoms with van der Waals surface area (Å²) in [6, 6.07) is 18.8. The van der Waals surface area contributed by atoms with Crippen LogP contribution in [0.15, 0.2) is 69.6 Å². The molecular weight excluding hydrogens is 442 g/mol. The molecule has 0 atom stereocenters. The van der Waals surface area contributed by atoms with E-state index in [0.717, 1.165) is 32.3 Å². The first-order valence-corrected chi connectivity index (χ1v) is 10.5. The summed E-state index contributed by atoms with van der Waals surface area (Å²) in [5.41, 5.74) is 11.6. The highest BCUT2D eigenvalue weighted by molar-refractivity contribution is 9.10. The maximum Gasteiger partial charge on any atom is 0.251 e. The van der Waals surface area contributed by atoms with Crippen LogP contribution in [0.25, 0.3) is 22.6 Å². The van der Waals surface area contributed by atoms with E-state index < -0.39 is 0 Å². The number of carbonyl (C=O) groups excluding carboxylic acids is 1. The van der Waals surface area contributed by atoms with Crippen molar-refractivity contribution in [3.8, 4) is 11.5 Å². The molecule has 152 valence electrons. The van der Waals surface area contributed by atoms with Gasteiger partial charge < -0.3 is 15.5 Å². The van der Waals surface area contributed by atoms with Crippen molar-refractivity contribution >= 4 is 38.6 Å². The number of hydrogen-bond acceptors (Lipinski definition) is 4. The number of nitrogen functional groups attached to an aromatic ring is 1. The molecule has 0 aliphatic carbocycles. The number of rotatable bonds is 5. The van der Waals surface area contributed by atoms with Crippen LogP contribution in [0.5, 0.6) is 0 Å². The molecule has 0 unspecified atom stereocenters. The van der Waals surface area contributed by atoms with E-state index in [2.05, 4.69) is 40.1 Å². The Bertz CT molecular complexity index is 1200. The third-order valence-electron chi connectivity index (χ3n) is 4.92. The minimum absolute atomic E-state index is 0.128. The van der Waals surface area contributed by atoms with Crippen LogP contribution >= 0.6 is 15.9 Å². The summed E-state index contributed by atoms with van der Waals surface area (Å²) in [5.74, 6) is 0.657. The lowest BCUT2D eigenvalue weighted by atomic mass is 10.0. The van der Waals surface area contributed by atoms with Crippen LogP contribution in [0.4, 0.5) is 5.69 Å². The summed E-state index contributed by atoms with van der Waals surface area (Å²) >= 11 is 3.41. The third kappa shape index (κ3) is 4.24. The van der Waals surface area contributed by atoms with E-state index in [1.165, 1.54) is 0 Å². The summed E-state index contributed by atoms with van der Waals surface area (Å²) in [6.07, 6.45) is 0. The number of hydrogen-bond donors (Lipinski definition) is 2. The van der Waals surface area contributed by atoms with E-state index in [9.17, 15) is 4.79 Å². The average molecular weight is 464 g/mol. The van der Waals surface area contributed by atoms with Gasteiger partial charge in [-0.15, -0.1) is 0 Å². The fraction of sp³-hybridized carbons (Fsp3) is 0.167. The summed E-state index contributed by atoms with van der Waals surface area (Å²) in [6.45, 7) is 4.66. The van der Waals surface area contributed by atoms with Crippen LogP contribution in [0, 0.1) is 0 Å². The Labute approximate surface area is 183 Å². The van der Waals surface area contributed by atoms with Crippen molar-refractivity contribution in [1.82, 2.24) is 10.3 Å². The molecule has 0 aliphatic rings. The zero-order valence-corrected chi connectivity index (χ0v) is 18.4. The molecule has 5 nitrogen and oxygen atoms in total. The van der Waals surface area contributed by atoms with Gasteiger partial charge in [0, 0.05) is 33.4 Å². The number of carbonyl (C=O) groups is 1. The van der Waals surface area contributed by atoms with E-state index >= 15 is 0 Å². The molecule has 0 fully saturated rings. The molecule has 30 heavy (non-hydrogen) atoms. The standard InChI is InChI=1S/C24H22BrN3O2/c1-14(2)20-11-19(26)12-21-22(20)30-24(28-21)17-7-5-16(6-8-17)23(29)27-13-15-3-9-18(25)10-4-15/h3-12,14H,13,26H2,1-2H3,(H,27,29). The second-order valence-corrected chi connectivity index (χ2v) is 8.43. The fourth-order valence-corrected chi connectivity index (χ4v) is 3.55. The molecule has 6 heteroatoms. The molecule has 0 saturated carbocycles. The minimum atomic E-state index is -0.128. The van der Waals surface area contributed by atoms with Gasteiger partial charge in [-0.2, -0.15) is 0 Å². The monoisotopic (exact) mass is 463 g/mol. The van der Waals surface area contributed by atoms with E-state index in [4.69, 9.17) is 10.2 Å². The first-order chi connectivity index (χ1) is 14.4. The van der Waals surface area contributed by atoms with Gasteiger partial charge in [-0.1, -0.05) is 41.9 Å². The van der Waals surface area contributed by atoms with E-state index in [0.29, 0.717) is 23.7 Å². The van der Waals surface area contributed by atoms with Crippen LogP contribution in [0.1, 0.15) is 41.3 Å². The van der Waals surface area contributed by atoms with Gasteiger partial charge in [-0.3, -0.25) is 4.79 Å². The Morgan fingerprint density at radius 3 is 2.47 bits per heavy atom. The smallest absolute Gasteiger partial charge is 0.251 e. The largest absolute Gasteiger partial charge is 0.436 e. The first kappa shape index (κ1) is 20.2. The van der Waals surface area contributed by atoms with Gasteiger partial charge in [-0.25, -0.2) is 4.98 Å². The Hall–Kier alpha value is -3.12. The lowest BCUT2D eigenvalue weighted by Gasteiger charge is -2.06. The molecule has 4 rings (SSSR count). The lowest BCUT2D eigenvalue weighted by molar-refractivity contribution is 0.0951. The number of amides is 1. The second kappa shape index (κ2) is 8.32. The Kier molecular flexibility index (Phi) is 5.59. The van der Waals surface area contributed by atoms with E-state index in [1.807, 2.05) is 48.5 Å². The molecule has 0 saturated heterocycles. The lowest BCUT2D eigenvalue weighted by Crippen LogP contribution is -2.22. The highest BCUT2D eigenvalue weighted by atomic mass is 79.9. The number of fused-ring (bicyclic) bond motifs is 1. The summed E-state index contributed by atoms with van der Waals surface area (Å²) in [4.78, 5) is 17.1. The van der Waals surface area contributed by atoms with Gasteiger partial charge in [0.15, 0.2) is 5.58 Å². The number of halogens is 1. The Balaban J connectivity index is 1.52. The van der Waals surface area contributed by atoms with Crippen LogP contribution in [-0.4, -0.2) is 10.9 Å². The quantitative estimate of drug-likeness (QED) is 0.361. The van der Waals surface area contributed by atoms with Crippen molar-refractivity contribution in [1.29, 1.82) is 0 Å². The molecule has 3 N–H and O–H groups in total. The van der Waals surface area contributed by atoms with Crippen LogP contribution in [-0.2, 0) is 6.54 Å². The van der Waals surface area contributed by atoms with Gasteiger partial charge in [0.1, 0.15) is 5.52 Å². The van der Waals surface area contributed by atoms with Gasteiger partial charge >= 0.3 is 0 Å². The van der Waals surface area contributed by atoms with Crippen molar-refractivity contribution < 1.29 is 9.21 Å². The molecule has 0 bridgehead atoms. The Morgan fingerprint density at radius 2 is 1.80 bits per heavy atom. The van der Waals surface area contributed by atoms with Crippen molar-refractivity contribution in [3.63, 3.8) is 0 Å². The summed E-state index contributed by atoms with van der Waals surface area (Å²) in [7, 11) is 0. The second-order valence-electron chi connectivity index (χ2n) is 7.52. The number of nitrogens with zero attached hydrogens (tertiary/aromatic N) is 1. The summed E-state index contributed by atoms with van der Waals surface area (Å²) < 4.78 is 7.06. The van der Waals surface area contributed by atoms with Gasteiger partial charge in [-0.05, 0) is 60.0 Å². The molecule has 0 spiro atoms. The number of benzene rings is 3. The van der Waals surface area contributed by atoms with Gasteiger partial charge in [0.2, 0.25) is 5.89 Å². The maximum absolute atomic E-state index is 12.5. The topological polar surface area (TPSA) is 81.1 Å². The van der Waals surface area contributed by atoms with Gasteiger partial charge in [0.05, 0.1) is 0 Å². The SMILES string of the molecule is CC(C)c1cc(N)cc2nc(-c3ccc(C(=O)NCc4ccc(Br)cc4)cc3)oc12. The average Bonchev–Trinajstić information content (AvgIpc) is 3.16. The normalized spacial score (nSPS) is 11.2. The van der Waals surface area contributed by atoms with Crippen LogP contribution in [0.2, 0.25) is 0 Å². The maximum atomic E-state index is 12.5. The molecule has 1 amide bonds. The highest BCUT2D eigenvalue weighted by Crippen LogP contribution is 2.32. The first-order valence-electron chi connectivity index (χ1n) is 9.74. The van der Waals surface area contributed by atoms with Crippen molar-refractivity contribution in [2.45, 2.75) is 26.3 Å². The highest BCUT2D eigenvalue weighted by Gasteiger charge is 2.15. The Morgan fingerprint density at radius 1 is 1.10 bits per heavy atom. The third-order valence-corrected chi connectivity index (χ3v) is 5.45. The van der Waals surface area contributed by atoms with Crippen molar-refractivity contribution in [2.75, 3.05) is 5.73 Å². The molecular formula is C24H22BrN3O2. The number of anilines is 1. The number of oxazole rings is 1. The zero-order valence-electron chi connectivity index (χ0n) is 16.8. The van der Waals surface area contributed by atoms with Crippen LogP contribution < -0.4 is 11.1 Å². The van der Waals surface area contributed by atoms with Gasteiger partial charge in [0.25, 0.3) is 5.91 Å². The van der Waals surface area contributed by atoms with Crippen molar-refractivity contribution in [2.24, 2.45) is 0 Å². The molecule has 4 aromatic rings. The number of aromatic nitrogens is 1. The molecule has 0 radical (unpaired) electrons. The zero-order chi connectivity index (χ0) is 21.3. The number of nitrogens with two attached hydrogens (primary N) is 1. The van der Waals surface area contributed by atoms with E-state index in [-0.39, 0.29) is 11.8 Å². The predicted molar refractivity (Wildman–Crippen MR) is 123 cm³/mol. The van der Waals surface area contributed by atoms with Crippen LogP contribution in [0.3, 0.4) is 0 Å². The molecule has 1 aromatic heterocycles. The fourth-order valence-electron chi connectivity index (χ4n) is 3.28. The molecule has 0 aliphatic heterocycles. The number of nitrogens with one attached hydrogen (secondary N) is 1. The van der Waals surface area contributed by atoms with E-state index in [1.54, 1.807) is 12.1 Å². The molecule has 1 heterocycles. The molecule has 3 aromatic carbocycles. The summed E-state index contributed by atoms with van der Waals surface area (Å²) in [5, 5.41) is 2.93.